The summed E-state index contributed by atoms with van der Waals surface area (Å²) in [5.74, 6) is -0.377. The van der Waals surface area contributed by atoms with E-state index in [1.165, 1.54) is 0 Å². The fraction of sp³-hybridized carbons (Fsp3) is 0.333. The van der Waals surface area contributed by atoms with Gasteiger partial charge in [-0.05, 0) is 48.4 Å². The minimum absolute atomic E-state index is 0.0343. The van der Waals surface area contributed by atoms with E-state index in [1.54, 1.807) is 4.90 Å². The molecule has 1 atom stereocenters. The SMILES string of the molecule is CN(C)c1ccc(NC(=O)C2CC(=O)N(CCc3ccc(Cl)cc3)C2)cc1. The van der Waals surface area contributed by atoms with Crippen molar-refractivity contribution in [3.05, 3.63) is 59.1 Å². The Kier molecular flexibility index (Phi) is 6.01. The van der Waals surface area contributed by atoms with Gasteiger partial charge in [-0.2, -0.15) is 0 Å². The predicted octanol–water partition coefficient (Wildman–Crippen LogP) is 3.44. The summed E-state index contributed by atoms with van der Waals surface area (Å²) in [6, 6.07) is 15.3. The topological polar surface area (TPSA) is 52.7 Å². The maximum absolute atomic E-state index is 12.5. The smallest absolute Gasteiger partial charge is 0.229 e. The number of carbonyl (C=O) groups excluding carboxylic acids is 2. The van der Waals surface area contributed by atoms with Crippen LogP contribution in [0.3, 0.4) is 0 Å². The zero-order chi connectivity index (χ0) is 19.4. The molecule has 142 valence electrons. The maximum Gasteiger partial charge on any atom is 0.229 e. The first kappa shape index (κ1) is 19.2. The number of halogens is 1. The van der Waals surface area contributed by atoms with E-state index >= 15 is 0 Å². The van der Waals surface area contributed by atoms with E-state index < -0.39 is 0 Å². The van der Waals surface area contributed by atoms with Gasteiger partial charge >= 0.3 is 0 Å². The van der Waals surface area contributed by atoms with E-state index in [0.29, 0.717) is 18.1 Å². The van der Waals surface area contributed by atoms with E-state index in [0.717, 1.165) is 23.4 Å². The summed E-state index contributed by atoms with van der Waals surface area (Å²) < 4.78 is 0. The minimum atomic E-state index is -0.309. The van der Waals surface area contributed by atoms with Crippen LogP contribution in [-0.4, -0.2) is 43.9 Å². The van der Waals surface area contributed by atoms with Crippen LogP contribution in [0.25, 0.3) is 0 Å². The van der Waals surface area contributed by atoms with Gasteiger partial charge in [-0.25, -0.2) is 0 Å². The molecule has 2 aromatic rings. The Labute approximate surface area is 164 Å². The number of nitrogens with zero attached hydrogens (tertiary/aromatic N) is 2. The van der Waals surface area contributed by atoms with Crippen molar-refractivity contribution in [2.75, 3.05) is 37.4 Å². The van der Waals surface area contributed by atoms with Crippen molar-refractivity contribution >= 4 is 34.8 Å². The highest BCUT2D eigenvalue weighted by atomic mass is 35.5. The van der Waals surface area contributed by atoms with E-state index in [9.17, 15) is 9.59 Å². The monoisotopic (exact) mass is 385 g/mol. The lowest BCUT2D eigenvalue weighted by atomic mass is 10.1. The van der Waals surface area contributed by atoms with Gasteiger partial charge in [0.05, 0.1) is 5.92 Å². The highest BCUT2D eigenvalue weighted by molar-refractivity contribution is 6.30. The number of amides is 2. The average Bonchev–Trinajstić information content (AvgIpc) is 3.03. The average molecular weight is 386 g/mol. The Balaban J connectivity index is 1.52. The lowest BCUT2D eigenvalue weighted by Gasteiger charge is -2.17. The van der Waals surface area contributed by atoms with Crippen LogP contribution in [0.1, 0.15) is 12.0 Å². The Hall–Kier alpha value is -2.53. The number of benzene rings is 2. The number of carbonyl (C=O) groups is 2. The Morgan fingerprint density at radius 1 is 1.15 bits per heavy atom. The zero-order valence-electron chi connectivity index (χ0n) is 15.6. The molecule has 1 N–H and O–H groups in total. The molecule has 2 amide bonds. The summed E-state index contributed by atoms with van der Waals surface area (Å²) in [5, 5.41) is 3.62. The molecule has 0 spiro atoms. The van der Waals surface area contributed by atoms with Crippen molar-refractivity contribution in [3.8, 4) is 0 Å². The van der Waals surface area contributed by atoms with Crippen molar-refractivity contribution in [1.29, 1.82) is 0 Å². The van der Waals surface area contributed by atoms with Gasteiger partial charge in [0.25, 0.3) is 0 Å². The van der Waals surface area contributed by atoms with Gasteiger partial charge in [0.2, 0.25) is 11.8 Å². The van der Waals surface area contributed by atoms with Crippen LogP contribution in [-0.2, 0) is 16.0 Å². The lowest BCUT2D eigenvalue weighted by Crippen LogP contribution is -2.30. The van der Waals surface area contributed by atoms with Crippen LogP contribution in [0.2, 0.25) is 5.02 Å². The number of hydrogen-bond acceptors (Lipinski definition) is 3. The second-order valence-corrected chi connectivity index (χ2v) is 7.48. The van der Waals surface area contributed by atoms with Crippen LogP contribution in [0.5, 0.6) is 0 Å². The van der Waals surface area contributed by atoms with E-state index in [1.807, 2.05) is 67.5 Å². The molecule has 2 aromatic carbocycles. The summed E-state index contributed by atoms with van der Waals surface area (Å²) in [4.78, 5) is 28.5. The molecule has 5 nitrogen and oxygen atoms in total. The van der Waals surface area contributed by atoms with Crippen LogP contribution in [0.15, 0.2) is 48.5 Å². The van der Waals surface area contributed by atoms with Gasteiger partial charge in [-0.3, -0.25) is 9.59 Å². The highest BCUT2D eigenvalue weighted by Gasteiger charge is 2.34. The first-order chi connectivity index (χ1) is 12.9. The molecule has 1 saturated heterocycles. The summed E-state index contributed by atoms with van der Waals surface area (Å²) in [6.07, 6.45) is 1.02. The molecule has 6 heteroatoms. The van der Waals surface area contributed by atoms with Crippen molar-refractivity contribution < 1.29 is 9.59 Å². The molecular formula is C21H24ClN3O2. The molecule has 1 aliphatic rings. The summed E-state index contributed by atoms with van der Waals surface area (Å²) in [6.45, 7) is 1.08. The van der Waals surface area contributed by atoms with Gasteiger partial charge in [0.15, 0.2) is 0 Å². The van der Waals surface area contributed by atoms with Crippen LogP contribution in [0.4, 0.5) is 11.4 Å². The van der Waals surface area contributed by atoms with E-state index in [2.05, 4.69) is 5.32 Å². The number of nitrogens with one attached hydrogen (secondary N) is 1. The van der Waals surface area contributed by atoms with Gasteiger partial charge in [-0.15, -0.1) is 0 Å². The standard InChI is InChI=1S/C21H24ClN3O2/c1-24(2)19-9-7-18(8-10-19)23-21(27)16-13-20(26)25(14-16)12-11-15-3-5-17(22)6-4-15/h3-10,16H,11-14H2,1-2H3,(H,23,27). The molecule has 1 fully saturated rings. The van der Waals surface area contributed by atoms with Crippen LogP contribution < -0.4 is 10.2 Å². The molecule has 1 heterocycles. The number of anilines is 2. The van der Waals surface area contributed by atoms with Gasteiger partial charge < -0.3 is 15.1 Å². The first-order valence-electron chi connectivity index (χ1n) is 9.03. The van der Waals surface area contributed by atoms with E-state index in [4.69, 9.17) is 11.6 Å². The van der Waals surface area contributed by atoms with Crippen molar-refractivity contribution in [2.45, 2.75) is 12.8 Å². The van der Waals surface area contributed by atoms with Gasteiger partial charge in [0, 0.05) is 50.0 Å². The Morgan fingerprint density at radius 3 is 2.44 bits per heavy atom. The van der Waals surface area contributed by atoms with Crippen LogP contribution in [0, 0.1) is 5.92 Å². The highest BCUT2D eigenvalue weighted by Crippen LogP contribution is 2.22. The third kappa shape index (κ3) is 5.01. The summed E-state index contributed by atoms with van der Waals surface area (Å²) >= 11 is 5.90. The minimum Gasteiger partial charge on any atom is -0.378 e. The molecule has 1 unspecified atom stereocenters. The maximum atomic E-state index is 12.5. The van der Waals surface area contributed by atoms with Crippen molar-refractivity contribution in [1.82, 2.24) is 4.90 Å². The normalized spacial score (nSPS) is 16.5. The Bertz CT molecular complexity index is 803. The van der Waals surface area contributed by atoms with E-state index in [-0.39, 0.29) is 24.2 Å². The van der Waals surface area contributed by atoms with Crippen molar-refractivity contribution in [3.63, 3.8) is 0 Å². The second-order valence-electron chi connectivity index (χ2n) is 7.05. The molecule has 3 rings (SSSR count). The van der Waals surface area contributed by atoms with Gasteiger partial charge in [0.1, 0.15) is 0 Å². The van der Waals surface area contributed by atoms with Crippen molar-refractivity contribution in [2.24, 2.45) is 5.92 Å². The molecule has 0 radical (unpaired) electrons. The molecule has 0 aliphatic carbocycles. The molecule has 0 aromatic heterocycles. The van der Waals surface area contributed by atoms with Gasteiger partial charge in [-0.1, -0.05) is 23.7 Å². The fourth-order valence-corrected chi connectivity index (χ4v) is 3.29. The Morgan fingerprint density at radius 2 is 1.81 bits per heavy atom. The number of hydrogen-bond donors (Lipinski definition) is 1. The first-order valence-corrected chi connectivity index (χ1v) is 9.40. The molecule has 1 aliphatic heterocycles. The molecule has 0 saturated carbocycles. The summed E-state index contributed by atoms with van der Waals surface area (Å²) in [7, 11) is 3.94. The predicted molar refractivity (Wildman–Crippen MR) is 109 cm³/mol. The lowest BCUT2D eigenvalue weighted by molar-refractivity contribution is -0.128. The molecule has 27 heavy (non-hydrogen) atoms. The zero-order valence-corrected chi connectivity index (χ0v) is 16.4. The fourth-order valence-electron chi connectivity index (χ4n) is 3.17. The second kappa shape index (κ2) is 8.44. The largest absolute Gasteiger partial charge is 0.378 e. The summed E-state index contributed by atoms with van der Waals surface area (Å²) in [5.41, 5.74) is 2.94. The number of rotatable bonds is 6. The molecular weight excluding hydrogens is 362 g/mol. The third-order valence-electron chi connectivity index (χ3n) is 4.82. The third-order valence-corrected chi connectivity index (χ3v) is 5.07. The number of likely N-dealkylation sites (tertiary alicyclic amines) is 1. The van der Waals surface area contributed by atoms with Crippen LogP contribution >= 0.6 is 11.6 Å². The quantitative estimate of drug-likeness (QED) is 0.828. The molecule has 0 bridgehead atoms.